The standard InChI is InChI=1S/C19H18N6O/c1-12-9-18(24(2)23-12)25-8-7-16(19(25)26)22-17-10-13(11-20)21-15-6-4-3-5-14(15)17/h3-6,9-10,16H,7-8H2,1-2H3,(H,21,22). The van der Waals surface area contributed by atoms with E-state index in [1.54, 1.807) is 15.6 Å². The van der Waals surface area contributed by atoms with E-state index in [0.29, 0.717) is 18.7 Å². The third-order valence-electron chi connectivity index (χ3n) is 4.62. The number of nitrogens with one attached hydrogen (secondary N) is 1. The summed E-state index contributed by atoms with van der Waals surface area (Å²) in [5, 5.41) is 17.8. The lowest BCUT2D eigenvalue weighted by atomic mass is 10.1. The molecule has 0 spiro atoms. The van der Waals surface area contributed by atoms with Crippen molar-refractivity contribution >= 4 is 28.3 Å². The fourth-order valence-electron chi connectivity index (χ4n) is 3.43. The minimum absolute atomic E-state index is 0.00685. The average Bonchev–Trinajstić information content (AvgIpc) is 3.16. The second-order valence-electron chi connectivity index (χ2n) is 6.43. The molecule has 1 aliphatic rings. The first-order valence-electron chi connectivity index (χ1n) is 8.45. The van der Waals surface area contributed by atoms with Crippen molar-refractivity contribution < 1.29 is 4.79 Å². The number of pyridine rings is 1. The van der Waals surface area contributed by atoms with Gasteiger partial charge in [0.05, 0.1) is 11.2 Å². The normalized spacial score (nSPS) is 16.9. The second kappa shape index (κ2) is 6.15. The molecule has 7 heteroatoms. The summed E-state index contributed by atoms with van der Waals surface area (Å²) < 4.78 is 1.73. The van der Waals surface area contributed by atoms with Gasteiger partial charge in [0.2, 0.25) is 0 Å². The summed E-state index contributed by atoms with van der Waals surface area (Å²) in [7, 11) is 1.84. The third kappa shape index (κ3) is 2.65. The van der Waals surface area contributed by atoms with E-state index in [9.17, 15) is 10.1 Å². The Labute approximate surface area is 150 Å². The number of aryl methyl sites for hydroxylation is 2. The number of rotatable bonds is 3. The van der Waals surface area contributed by atoms with Crippen molar-refractivity contribution in [2.75, 3.05) is 16.8 Å². The lowest BCUT2D eigenvalue weighted by molar-refractivity contribution is -0.117. The highest BCUT2D eigenvalue weighted by atomic mass is 16.2. The van der Waals surface area contributed by atoms with Crippen LogP contribution in [0.4, 0.5) is 11.5 Å². The van der Waals surface area contributed by atoms with Crippen molar-refractivity contribution in [1.82, 2.24) is 14.8 Å². The molecule has 0 aliphatic carbocycles. The summed E-state index contributed by atoms with van der Waals surface area (Å²) in [6, 6.07) is 13.0. The third-order valence-corrected chi connectivity index (χ3v) is 4.62. The maximum Gasteiger partial charge on any atom is 0.250 e. The monoisotopic (exact) mass is 346 g/mol. The highest BCUT2D eigenvalue weighted by Gasteiger charge is 2.34. The molecule has 1 amide bonds. The lowest BCUT2D eigenvalue weighted by Gasteiger charge is -2.18. The molecule has 1 saturated heterocycles. The number of carbonyl (C=O) groups excluding carboxylic acids is 1. The number of nitrogens with zero attached hydrogens (tertiary/aromatic N) is 5. The van der Waals surface area contributed by atoms with Crippen LogP contribution in [0.3, 0.4) is 0 Å². The van der Waals surface area contributed by atoms with E-state index in [0.717, 1.165) is 28.1 Å². The number of aromatic nitrogens is 3. The first-order chi connectivity index (χ1) is 12.6. The maximum atomic E-state index is 12.9. The van der Waals surface area contributed by atoms with Crippen LogP contribution < -0.4 is 10.2 Å². The first kappa shape index (κ1) is 16.1. The summed E-state index contributed by atoms with van der Waals surface area (Å²) >= 11 is 0. The molecule has 3 heterocycles. The van der Waals surface area contributed by atoms with E-state index >= 15 is 0 Å². The van der Waals surface area contributed by atoms with Gasteiger partial charge in [-0.2, -0.15) is 10.4 Å². The Hall–Kier alpha value is -3.40. The number of amides is 1. The van der Waals surface area contributed by atoms with Crippen molar-refractivity contribution in [3.05, 3.63) is 47.8 Å². The van der Waals surface area contributed by atoms with E-state index in [1.807, 2.05) is 44.3 Å². The van der Waals surface area contributed by atoms with Gasteiger partial charge in [-0.3, -0.25) is 14.4 Å². The van der Waals surface area contributed by atoms with Gasteiger partial charge >= 0.3 is 0 Å². The molecule has 1 N–H and O–H groups in total. The predicted octanol–water partition coefficient (Wildman–Crippen LogP) is 2.37. The lowest BCUT2D eigenvalue weighted by Crippen LogP contribution is -2.34. The molecule has 0 bridgehead atoms. The van der Waals surface area contributed by atoms with E-state index in [1.165, 1.54) is 0 Å². The number of benzene rings is 1. The van der Waals surface area contributed by atoms with Crippen molar-refractivity contribution in [3.8, 4) is 6.07 Å². The molecule has 3 aromatic rings. The molecule has 1 unspecified atom stereocenters. The number of para-hydroxylation sites is 1. The van der Waals surface area contributed by atoms with E-state index in [-0.39, 0.29) is 11.9 Å². The quantitative estimate of drug-likeness (QED) is 0.787. The number of hydrogen-bond acceptors (Lipinski definition) is 5. The molecular formula is C19H18N6O. The minimum Gasteiger partial charge on any atom is -0.373 e. The zero-order chi connectivity index (χ0) is 18.3. The Bertz CT molecular complexity index is 1050. The molecule has 1 fully saturated rings. The van der Waals surface area contributed by atoms with E-state index in [4.69, 9.17) is 0 Å². The molecule has 2 aromatic heterocycles. The smallest absolute Gasteiger partial charge is 0.250 e. The van der Waals surface area contributed by atoms with Crippen LogP contribution in [0.2, 0.25) is 0 Å². The Morgan fingerprint density at radius 2 is 2.12 bits per heavy atom. The van der Waals surface area contributed by atoms with Gasteiger partial charge in [-0.25, -0.2) is 4.98 Å². The fraction of sp³-hybridized carbons (Fsp3) is 0.263. The molecule has 0 radical (unpaired) electrons. The molecule has 26 heavy (non-hydrogen) atoms. The number of nitriles is 1. The topological polar surface area (TPSA) is 86.8 Å². The Morgan fingerprint density at radius 3 is 2.85 bits per heavy atom. The average molecular weight is 346 g/mol. The van der Waals surface area contributed by atoms with Gasteiger partial charge in [0.1, 0.15) is 23.6 Å². The van der Waals surface area contributed by atoms with Crippen LogP contribution >= 0.6 is 0 Å². The van der Waals surface area contributed by atoms with Crippen LogP contribution in [0.1, 0.15) is 17.8 Å². The van der Waals surface area contributed by atoms with Crippen LogP contribution in [0.5, 0.6) is 0 Å². The largest absolute Gasteiger partial charge is 0.373 e. The van der Waals surface area contributed by atoms with Crippen molar-refractivity contribution in [2.24, 2.45) is 7.05 Å². The molecule has 7 nitrogen and oxygen atoms in total. The molecular weight excluding hydrogens is 328 g/mol. The zero-order valence-electron chi connectivity index (χ0n) is 14.6. The van der Waals surface area contributed by atoms with Gasteiger partial charge in [-0.1, -0.05) is 18.2 Å². The van der Waals surface area contributed by atoms with Crippen LogP contribution in [0, 0.1) is 18.3 Å². The van der Waals surface area contributed by atoms with Crippen LogP contribution in [0.25, 0.3) is 10.9 Å². The first-order valence-corrected chi connectivity index (χ1v) is 8.45. The highest BCUT2D eigenvalue weighted by Crippen LogP contribution is 2.28. The molecule has 130 valence electrons. The van der Waals surface area contributed by atoms with Crippen LogP contribution in [-0.2, 0) is 11.8 Å². The SMILES string of the molecule is Cc1cc(N2CCC(Nc3cc(C#N)nc4ccccc34)C2=O)n(C)n1. The van der Waals surface area contributed by atoms with Crippen molar-refractivity contribution in [1.29, 1.82) is 5.26 Å². The zero-order valence-corrected chi connectivity index (χ0v) is 14.6. The van der Waals surface area contributed by atoms with E-state index in [2.05, 4.69) is 21.5 Å². The van der Waals surface area contributed by atoms with Gasteiger partial charge in [-0.05, 0) is 25.5 Å². The summed E-state index contributed by atoms with van der Waals surface area (Å²) in [5.74, 6) is 0.807. The molecule has 0 saturated carbocycles. The maximum absolute atomic E-state index is 12.9. The van der Waals surface area contributed by atoms with Crippen molar-refractivity contribution in [2.45, 2.75) is 19.4 Å². The predicted molar refractivity (Wildman–Crippen MR) is 98.8 cm³/mol. The number of hydrogen-bond donors (Lipinski definition) is 1. The second-order valence-corrected chi connectivity index (χ2v) is 6.43. The summed E-state index contributed by atoms with van der Waals surface area (Å²) in [5.41, 5.74) is 2.70. The fourth-order valence-corrected chi connectivity index (χ4v) is 3.43. The van der Waals surface area contributed by atoms with Gasteiger partial charge in [0.25, 0.3) is 5.91 Å². The molecule has 1 aliphatic heterocycles. The van der Waals surface area contributed by atoms with Gasteiger partial charge < -0.3 is 5.32 Å². The van der Waals surface area contributed by atoms with Crippen molar-refractivity contribution in [3.63, 3.8) is 0 Å². The van der Waals surface area contributed by atoms with Gasteiger partial charge in [0, 0.05) is 30.7 Å². The summed E-state index contributed by atoms with van der Waals surface area (Å²) in [6.07, 6.45) is 0.682. The number of anilines is 2. The number of carbonyl (C=O) groups is 1. The molecule has 1 atom stereocenters. The number of fused-ring (bicyclic) bond motifs is 1. The van der Waals surface area contributed by atoms with Crippen LogP contribution in [-0.4, -0.2) is 33.3 Å². The van der Waals surface area contributed by atoms with Crippen LogP contribution in [0.15, 0.2) is 36.4 Å². The summed E-state index contributed by atoms with van der Waals surface area (Å²) in [6.45, 7) is 2.54. The Kier molecular flexibility index (Phi) is 3.81. The Balaban J connectivity index is 1.65. The minimum atomic E-state index is -0.345. The molecule has 1 aromatic carbocycles. The molecule has 4 rings (SSSR count). The highest BCUT2D eigenvalue weighted by molar-refractivity contribution is 6.02. The Morgan fingerprint density at radius 1 is 1.31 bits per heavy atom. The summed E-state index contributed by atoms with van der Waals surface area (Å²) in [4.78, 5) is 19.0. The van der Waals surface area contributed by atoms with Gasteiger partial charge in [0.15, 0.2) is 0 Å². The van der Waals surface area contributed by atoms with E-state index < -0.39 is 0 Å². The van der Waals surface area contributed by atoms with Gasteiger partial charge in [-0.15, -0.1) is 0 Å².